The summed E-state index contributed by atoms with van der Waals surface area (Å²) < 4.78 is 11.2. The Morgan fingerprint density at radius 2 is 1.93 bits per heavy atom. The molecule has 8 nitrogen and oxygen atoms in total. The van der Waals surface area contributed by atoms with Crippen molar-refractivity contribution < 1.29 is 14.3 Å². The van der Waals surface area contributed by atoms with Crippen molar-refractivity contribution in [1.29, 1.82) is 5.26 Å². The summed E-state index contributed by atoms with van der Waals surface area (Å²) in [6.07, 6.45) is 1.24. The normalized spacial score (nSPS) is 14.3. The van der Waals surface area contributed by atoms with E-state index in [1.807, 2.05) is 39.0 Å². The molecule has 0 bridgehead atoms. The molecule has 2 aromatic rings. The maximum atomic E-state index is 12.2. The fourth-order valence-corrected chi connectivity index (χ4v) is 2.83. The number of anilines is 1. The summed E-state index contributed by atoms with van der Waals surface area (Å²) >= 11 is 0. The van der Waals surface area contributed by atoms with Crippen molar-refractivity contribution in [3.63, 3.8) is 0 Å². The standard InChI is InChI=1S/C21H25N5O3/c1-21(2,3)29-20(27)26-11-9-25(10-12-26)18-5-4-6-19(24-18)28-15-17-8-7-16(13-22)14-23-17/h4-8,14H,9-12,15H2,1-3H3. The lowest BCUT2D eigenvalue weighted by Gasteiger charge is -2.36. The summed E-state index contributed by atoms with van der Waals surface area (Å²) in [6.45, 7) is 8.37. The van der Waals surface area contributed by atoms with Crippen molar-refractivity contribution in [3.8, 4) is 11.9 Å². The molecule has 0 aromatic carbocycles. The van der Waals surface area contributed by atoms with E-state index in [1.54, 1.807) is 23.1 Å². The van der Waals surface area contributed by atoms with Gasteiger partial charge in [-0.25, -0.2) is 4.79 Å². The monoisotopic (exact) mass is 395 g/mol. The van der Waals surface area contributed by atoms with Crippen LogP contribution in [-0.4, -0.2) is 52.7 Å². The highest BCUT2D eigenvalue weighted by Crippen LogP contribution is 2.19. The van der Waals surface area contributed by atoms with E-state index >= 15 is 0 Å². The summed E-state index contributed by atoms with van der Waals surface area (Å²) in [5, 5.41) is 8.82. The molecule has 0 aliphatic carbocycles. The van der Waals surface area contributed by atoms with Gasteiger partial charge in [0.05, 0.1) is 11.3 Å². The van der Waals surface area contributed by atoms with E-state index in [-0.39, 0.29) is 12.7 Å². The van der Waals surface area contributed by atoms with Crippen molar-refractivity contribution >= 4 is 11.9 Å². The quantitative estimate of drug-likeness (QED) is 0.786. The molecule has 1 aliphatic heterocycles. The molecular weight excluding hydrogens is 370 g/mol. The van der Waals surface area contributed by atoms with Crippen molar-refractivity contribution in [2.45, 2.75) is 33.0 Å². The lowest BCUT2D eigenvalue weighted by molar-refractivity contribution is 0.0240. The van der Waals surface area contributed by atoms with Gasteiger partial charge < -0.3 is 19.3 Å². The third-order valence-corrected chi connectivity index (χ3v) is 4.29. The molecule has 1 saturated heterocycles. The highest BCUT2D eigenvalue weighted by atomic mass is 16.6. The Labute approximate surface area is 170 Å². The van der Waals surface area contributed by atoms with Gasteiger partial charge in [-0.3, -0.25) is 4.98 Å². The zero-order chi connectivity index (χ0) is 20.9. The van der Waals surface area contributed by atoms with Crippen LogP contribution in [0.2, 0.25) is 0 Å². The molecular formula is C21H25N5O3. The van der Waals surface area contributed by atoms with Crippen molar-refractivity contribution in [3.05, 3.63) is 47.8 Å². The first-order valence-electron chi connectivity index (χ1n) is 9.52. The number of carbonyl (C=O) groups excluding carboxylic acids is 1. The molecule has 1 aliphatic rings. The van der Waals surface area contributed by atoms with E-state index in [2.05, 4.69) is 14.9 Å². The van der Waals surface area contributed by atoms with E-state index in [4.69, 9.17) is 14.7 Å². The summed E-state index contributed by atoms with van der Waals surface area (Å²) in [5.74, 6) is 1.31. The molecule has 0 spiro atoms. The maximum Gasteiger partial charge on any atom is 0.410 e. The summed E-state index contributed by atoms with van der Waals surface area (Å²) in [6, 6.07) is 11.1. The molecule has 0 radical (unpaired) electrons. The molecule has 1 fully saturated rings. The number of hydrogen-bond acceptors (Lipinski definition) is 7. The Kier molecular flexibility index (Phi) is 6.17. The number of pyridine rings is 2. The molecule has 0 N–H and O–H groups in total. The second-order valence-corrected chi connectivity index (χ2v) is 7.73. The molecule has 8 heteroatoms. The molecule has 29 heavy (non-hydrogen) atoms. The number of hydrogen-bond donors (Lipinski definition) is 0. The topological polar surface area (TPSA) is 91.6 Å². The van der Waals surface area contributed by atoms with Crippen LogP contribution in [0, 0.1) is 11.3 Å². The summed E-state index contributed by atoms with van der Waals surface area (Å²) in [5.41, 5.74) is 0.743. The Balaban J connectivity index is 1.54. The summed E-state index contributed by atoms with van der Waals surface area (Å²) in [7, 11) is 0. The van der Waals surface area contributed by atoms with Gasteiger partial charge in [0, 0.05) is 38.4 Å². The van der Waals surface area contributed by atoms with E-state index in [0.717, 1.165) is 11.5 Å². The van der Waals surface area contributed by atoms with Crippen LogP contribution >= 0.6 is 0 Å². The van der Waals surface area contributed by atoms with Gasteiger partial charge >= 0.3 is 6.09 Å². The first-order valence-corrected chi connectivity index (χ1v) is 9.52. The average Bonchev–Trinajstić information content (AvgIpc) is 2.72. The van der Waals surface area contributed by atoms with E-state index in [0.29, 0.717) is 37.6 Å². The van der Waals surface area contributed by atoms with Crippen LogP contribution in [0.25, 0.3) is 0 Å². The average molecular weight is 395 g/mol. The first-order chi connectivity index (χ1) is 13.8. The van der Waals surface area contributed by atoms with Crippen LogP contribution in [0.3, 0.4) is 0 Å². The molecule has 0 unspecified atom stereocenters. The van der Waals surface area contributed by atoms with E-state index < -0.39 is 5.60 Å². The smallest absolute Gasteiger partial charge is 0.410 e. The highest BCUT2D eigenvalue weighted by molar-refractivity contribution is 5.68. The lowest BCUT2D eigenvalue weighted by Crippen LogP contribution is -2.50. The molecule has 0 saturated carbocycles. The summed E-state index contributed by atoms with van der Waals surface area (Å²) in [4.78, 5) is 24.8. The minimum atomic E-state index is -0.495. The fourth-order valence-electron chi connectivity index (χ4n) is 2.83. The minimum Gasteiger partial charge on any atom is -0.471 e. The minimum absolute atomic E-state index is 0.272. The zero-order valence-electron chi connectivity index (χ0n) is 17.0. The van der Waals surface area contributed by atoms with Gasteiger partial charge in [-0.15, -0.1) is 0 Å². The Morgan fingerprint density at radius 3 is 2.55 bits per heavy atom. The van der Waals surface area contributed by atoms with Crippen molar-refractivity contribution in [2.75, 3.05) is 31.1 Å². The zero-order valence-corrected chi connectivity index (χ0v) is 17.0. The molecule has 2 aromatic heterocycles. The Hall–Kier alpha value is -3.34. The highest BCUT2D eigenvalue weighted by Gasteiger charge is 2.26. The largest absolute Gasteiger partial charge is 0.471 e. The predicted octanol–water partition coefficient (Wildman–Crippen LogP) is 2.98. The molecule has 3 heterocycles. The van der Waals surface area contributed by atoms with Gasteiger partial charge in [0.1, 0.15) is 24.1 Å². The van der Waals surface area contributed by atoms with Crippen LogP contribution in [0.1, 0.15) is 32.0 Å². The Morgan fingerprint density at radius 1 is 1.17 bits per heavy atom. The number of ether oxygens (including phenoxy) is 2. The van der Waals surface area contributed by atoms with Crippen LogP contribution in [0.5, 0.6) is 5.88 Å². The van der Waals surface area contributed by atoms with Crippen LogP contribution in [0.4, 0.5) is 10.6 Å². The van der Waals surface area contributed by atoms with Gasteiger partial charge in [0.15, 0.2) is 0 Å². The van der Waals surface area contributed by atoms with Gasteiger partial charge in [-0.1, -0.05) is 6.07 Å². The Bertz CT molecular complexity index is 878. The second-order valence-electron chi connectivity index (χ2n) is 7.73. The van der Waals surface area contributed by atoms with Crippen molar-refractivity contribution in [1.82, 2.24) is 14.9 Å². The lowest BCUT2D eigenvalue weighted by atomic mass is 10.2. The van der Waals surface area contributed by atoms with Crippen molar-refractivity contribution in [2.24, 2.45) is 0 Å². The van der Waals surface area contributed by atoms with Gasteiger partial charge in [0.25, 0.3) is 0 Å². The SMILES string of the molecule is CC(C)(C)OC(=O)N1CCN(c2cccc(OCc3ccc(C#N)cn3)n2)CC1. The number of piperazine rings is 1. The number of rotatable bonds is 4. The van der Waals surface area contributed by atoms with Crippen LogP contribution < -0.4 is 9.64 Å². The van der Waals surface area contributed by atoms with Gasteiger partial charge in [-0.05, 0) is 39.0 Å². The van der Waals surface area contributed by atoms with E-state index in [1.165, 1.54) is 6.20 Å². The van der Waals surface area contributed by atoms with Crippen LogP contribution in [0.15, 0.2) is 36.5 Å². The molecule has 3 rings (SSSR count). The van der Waals surface area contributed by atoms with Gasteiger partial charge in [-0.2, -0.15) is 10.2 Å². The fraction of sp³-hybridized carbons (Fsp3) is 0.429. The molecule has 152 valence electrons. The number of nitriles is 1. The number of carbonyl (C=O) groups is 1. The first kappa shape index (κ1) is 20.4. The number of nitrogens with zero attached hydrogens (tertiary/aromatic N) is 5. The third kappa shape index (κ3) is 5.82. The van der Waals surface area contributed by atoms with Crippen LogP contribution in [-0.2, 0) is 11.3 Å². The number of amides is 1. The van der Waals surface area contributed by atoms with E-state index in [9.17, 15) is 4.79 Å². The van der Waals surface area contributed by atoms with Gasteiger partial charge in [0.2, 0.25) is 5.88 Å². The molecule has 0 atom stereocenters. The predicted molar refractivity (Wildman–Crippen MR) is 108 cm³/mol. The maximum absolute atomic E-state index is 12.2. The second kappa shape index (κ2) is 8.78. The number of aromatic nitrogens is 2. The molecule has 1 amide bonds. The third-order valence-electron chi connectivity index (χ3n) is 4.29.